The van der Waals surface area contributed by atoms with E-state index in [0.717, 1.165) is 22.0 Å². The number of hydrogen-bond acceptors (Lipinski definition) is 2. The molecule has 126 valence electrons. The van der Waals surface area contributed by atoms with E-state index in [-0.39, 0.29) is 6.42 Å². The van der Waals surface area contributed by atoms with E-state index in [9.17, 15) is 14.7 Å². The van der Waals surface area contributed by atoms with Crippen molar-refractivity contribution < 1.29 is 14.7 Å². The highest BCUT2D eigenvalue weighted by Crippen LogP contribution is 2.19. The molecule has 1 atom stereocenters. The normalized spacial score (nSPS) is 11.8. The van der Waals surface area contributed by atoms with Gasteiger partial charge < -0.3 is 15.4 Å². The van der Waals surface area contributed by atoms with Crippen LogP contribution in [-0.4, -0.2) is 28.0 Å². The number of carboxylic acid groups (broad SMARTS) is 1. The van der Waals surface area contributed by atoms with Crippen LogP contribution in [0.2, 0.25) is 0 Å². The molecule has 0 fully saturated rings. The van der Waals surface area contributed by atoms with Crippen molar-refractivity contribution in [3.8, 4) is 0 Å². The fourth-order valence-corrected chi connectivity index (χ4v) is 2.73. The molecule has 0 aliphatic carbocycles. The summed E-state index contributed by atoms with van der Waals surface area (Å²) >= 11 is 0. The Kier molecular flexibility index (Phi) is 4.66. The number of nitrogens with one attached hydrogen (secondary N) is 2. The fourth-order valence-electron chi connectivity index (χ4n) is 2.73. The van der Waals surface area contributed by atoms with E-state index < -0.39 is 17.9 Å². The molecule has 25 heavy (non-hydrogen) atoms. The van der Waals surface area contributed by atoms with Gasteiger partial charge in [-0.15, -0.1) is 0 Å². The quantitative estimate of drug-likeness (QED) is 0.647. The molecule has 3 N–H and O–H groups in total. The van der Waals surface area contributed by atoms with Gasteiger partial charge in [0.25, 0.3) is 5.91 Å². The summed E-state index contributed by atoms with van der Waals surface area (Å²) in [6.45, 7) is 3.66. The van der Waals surface area contributed by atoms with E-state index in [0.29, 0.717) is 5.56 Å². The van der Waals surface area contributed by atoms with Crippen LogP contribution in [0.25, 0.3) is 17.0 Å². The molecule has 0 radical (unpaired) electrons. The summed E-state index contributed by atoms with van der Waals surface area (Å²) in [6.07, 6.45) is 3.67. The number of rotatable bonds is 6. The maximum atomic E-state index is 12.3. The average Bonchev–Trinajstić information content (AvgIpc) is 3.04. The first-order chi connectivity index (χ1) is 12.1. The Labute approximate surface area is 145 Å². The number of hydrogen-bond donors (Lipinski definition) is 3. The third-order valence-electron chi connectivity index (χ3n) is 4.11. The van der Waals surface area contributed by atoms with Crippen molar-refractivity contribution in [2.45, 2.75) is 12.5 Å². The van der Waals surface area contributed by atoms with Gasteiger partial charge in [-0.05, 0) is 29.3 Å². The summed E-state index contributed by atoms with van der Waals surface area (Å²) in [5, 5.41) is 13.0. The van der Waals surface area contributed by atoms with Gasteiger partial charge in [-0.25, -0.2) is 4.79 Å². The van der Waals surface area contributed by atoms with Gasteiger partial charge in [-0.2, -0.15) is 0 Å². The van der Waals surface area contributed by atoms with Crippen LogP contribution in [0.15, 0.2) is 61.3 Å². The standard InChI is InChI=1S/C20H18N2O3/c1-2-13-7-9-14(10-8-13)19(23)22-18(20(24)25)11-15-12-21-17-6-4-3-5-16(15)17/h2-10,12,18,21H,1,11H2,(H,22,23)(H,24,25)/t18-/m0/s1. The lowest BCUT2D eigenvalue weighted by molar-refractivity contribution is -0.139. The lowest BCUT2D eigenvalue weighted by Gasteiger charge is -2.14. The van der Waals surface area contributed by atoms with Gasteiger partial charge in [-0.3, -0.25) is 4.79 Å². The molecule has 0 aliphatic rings. The summed E-state index contributed by atoms with van der Waals surface area (Å²) < 4.78 is 0. The highest BCUT2D eigenvalue weighted by atomic mass is 16.4. The fraction of sp³-hybridized carbons (Fsp3) is 0.100. The number of aliphatic carboxylic acids is 1. The van der Waals surface area contributed by atoms with Gasteiger partial charge in [0.05, 0.1) is 0 Å². The molecule has 3 aromatic rings. The number of amides is 1. The Morgan fingerprint density at radius 2 is 1.88 bits per heavy atom. The van der Waals surface area contributed by atoms with E-state index in [1.165, 1.54) is 0 Å². The van der Waals surface area contributed by atoms with Crippen molar-refractivity contribution in [3.63, 3.8) is 0 Å². The number of aromatic nitrogens is 1. The molecule has 1 heterocycles. The molecule has 1 amide bonds. The Bertz CT molecular complexity index is 926. The van der Waals surface area contributed by atoms with E-state index in [1.807, 2.05) is 24.3 Å². The molecule has 0 unspecified atom stereocenters. The van der Waals surface area contributed by atoms with E-state index in [2.05, 4.69) is 16.9 Å². The van der Waals surface area contributed by atoms with Crippen LogP contribution in [0.5, 0.6) is 0 Å². The van der Waals surface area contributed by atoms with Crippen LogP contribution in [0, 0.1) is 0 Å². The van der Waals surface area contributed by atoms with Crippen molar-refractivity contribution in [3.05, 3.63) is 78.0 Å². The topological polar surface area (TPSA) is 82.2 Å². The monoisotopic (exact) mass is 334 g/mol. The number of para-hydroxylation sites is 1. The van der Waals surface area contributed by atoms with Gasteiger partial charge in [0.1, 0.15) is 6.04 Å². The summed E-state index contributed by atoms with van der Waals surface area (Å²) in [5.74, 6) is -1.48. The Balaban J connectivity index is 1.78. The molecule has 0 saturated carbocycles. The van der Waals surface area contributed by atoms with Crippen molar-refractivity contribution in [2.75, 3.05) is 0 Å². The first-order valence-corrected chi connectivity index (χ1v) is 7.89. The van der Waals surface area contributed by atoms with Crippen LogP contribution >= 0.6 is 0 Å². The molecular weight excluding hydrogens is 316 g/mol. The van der Waals surface area contributed by atoms with Gasteiger partial charge in [0.15, 0.2) is 0 Å². The molecule has 0 spiro atoms. The van der Waals surface area contributed by atoms with Crippen LogP contribution in [-0.2, 0) is 11.2 Å². The second-order valence-electron chi connectivity index (χ2n) is 5.75. The molecule has 0 saturated heterocycles. The highest BCUT2D eigenvalue weighted by molar-refractivity contribution is 5.97. The minimum absolute atomic E-state index is 0.204. The number of benzene rings is 2. The zero-order valence-electron chi connectivity index (χ0n) is 13.5. The molecule has 0 aliphatic heterocycles. The molecule has 5 heteroatoms. The van der Waals surface area contributed by atoms with Crippen LogP contribution in [0.4, 0.5) is 0 Å². The van der Waals surface area contributed by atoms with Crippen molar-refractivity contribution in [1.82, 2.24) is 10.3 Å². The minimum Gasteiger partial charge on any atom is -0.480 e. The van der Waals surface area contributed by atoms with Crippen LogP contribution < -0.4 is 5.32 Å². The minimum atomic E-state index is -1.07. The largest absolute Gasteiger partial charge is 0.480 e. The molecule has 2 aromatic carbocycles. The van der Waals surface area contributed by atoms with Gasteiger partial charge in [0, 0.05) is 29.1 Å². The van der Waals surface area contributed by atoms with E-state index in [4.69, 9.17) is 0 Å². The summed E-state index contributed by atoms with van der Waals surface area (Å²) in [6, 6.07) is 13.5. The smallest absolute Gasteiger partial charge is 0.326 e. The number of fused-ring (bicyclic) bond motifs is 1. The average molecular weight is 334 g/mol. The second-order valence-corrected chi connectivity index (χ2v) is 5.75. The van der Waals surface area contributed by atoms with Crippen LogP contribution in [0.3, 0.4) is 0 Å². The van der Waals surface area contributed by atoms with E-state index >= 15 is 0 Å². The van der Waals surface area contributed by atoms with Crippen LogP contribution in [0.1, 0.15) is 21.5 Å². The number of carbonyl (C=O) groups excluding carboxylic acids is 1. The maximum absolute atomic E-state index is 12.3. The predicted octanol–water partition coefficient (Wildman–Crippen LogP) is 3.24. The zero-order chi connectivity index (χ0) is 17.8. The molecule has 5 nitrogen and oxygen atoms in total. The first-order valence-electron chi connectivity index (χ1n) is 7.89. The summed E-state index contributed by atoms with van der Waals surface area (Å²) in [5.41, 5.74) is 3.10. The zero-order valence-corrected chi connectivity index (χ0v) is 13.5. The molecular formula is C20H18N2O3. The Morgan fingerprint density at radius 1 is 1.16 bits per heavy atom. The maximum Gasteiger partial charge on any atom is 0.326 e. The second kappa shape index (κ2) is 7.05. The van der Waals surface area contributed by atoms with Crippen molar-refractivity contribution >= 4 is 28.9 Å². The lowest BCUT2D eigenvalue weighted by atomic mass is 10.0. The lowest BCUT2D eigenvalue weighted by Crippen LogP contribution is -2.42. The van der Waals surface area contributed by atoms with Gasteiger partial charge in [-0.1, -0.05) is 43.0 Å². The number of carbonyl (C=O) groups is 2. The summed E-state index contributed by atoms with van der Waals surface area (Å²) in [7, 11) is 0. The highest BCUT2D eigenvalue weighted by Gasteiger charge is 2.22. The first kappa shape index (κ1) is 16.5. The third-order valence-corrected chi connectivity index (χ3v) is 4.11. The van der Waals surface area contributed by atoms with Crippen molar-refractivity contribution in [1.29, 1.82) is 0 Å². The number of carboxylic acids is 1. The number of H-pyrrole nitrogens is 1. The number of aromatic amines is 1. The van der Waals surface area contributed by atoms with Gasteiger partial charge >= 0.3 is 5.97 Å². The SMILES string of the molecule is C=Cc1ccc(C(=O)N[C@@H](Cc2c[nH]c3ccccc23)C(=O)O)cc1. The Morgan fingerprint density at radius 3 is 2.56 bits per heavy atom. The third kappa shape index (κ3) is 3.61. The molecule has 3 rings (SSSR count). The Hall–Kier alpha value is -3.34. The van der Waals surface area contributed by atoms with E-state index in [1.54, 1.807) is 36.5 Å². The van der Waals surface area contributed by atoms with Gasteiger partial charge in [0.2, 0.25) is 0 Å². The van der Waals surface area contributed by atoms with Crippen molar-refractivity contribution in [2.24, 2.45) is 0 Å². The summed E-state index contributed by atoms with van der Waals surface area (Å²) in [4.78, 5) is 27.0. The predicted molar refractivity (Wildman–Crippen MR) is 97.4 cm³/mol. The molecule has 0 bridgehead atoms. The molecule has 1 aromatic heterocycles.